The van der Waals surface area contributed by atoms with E-state index in [4.69, 9.17) is 10.8 Å². The highest BCUT2D eigenvalue weighted by atomic mass is 19.1. The smallest absolute Gasteiger partial charge is 0.353 e. The van der Waals surface area contributed by atoms with E-state index in [1.807, 2.05) is 0 Å². The maximum atomic E-state index is 13.2. The van der Waals surface area contributed by atoms with E-state index < -0.39 is 34.8 Å². The van der Waals surface area contributed by atoms with Gasteiger partial charge in [0.25, 0.3) is 0 Å². The van der Waals surface area contributed by atoms with E-state index in [0.717, 1.165) is 6.07 Å². The van der Waals surface area contributed by atoms with Crippen LogP contribution in [-0.2, 0) is 4.79 Å². The summed E-state index contributed by atoms with van der Waals surface area (Å²) in [5.74, 6) is -2.69. The van der Waals surface area contributed by atoms with E-state index in [1.54, 1.807) is 0 Å². The summed E-state index contributed by atoms with van der Waals surface area (Å²) in [4.78, 5) is 28.3. The number of anilines is 4. The molecule has 0 aliphatic heterocycles. The monoisotopic (exact) mass is 322 g/mol. The number of carbonyl (C=O) groups is 1. The summed E-state index contributed by atoms with van der Waals surface area (Å²) in [5.41, 5.74) is 5.12. The molecule has 1 heterocycles. The Balaban J connectivity index is 2.41. The molecule has 0 saturated heterocycles. The fourth-order valence-corrected chi connectivity index (χ4v) is 1.68. The number of aromatic nitrogens is 2. The molecule has 0 atom stereocenters. The molecule has 0 aliphatic rings. The molecule has 0 radical (unpaired) electrons. The summed E-state index contributed by atoms with van der Waals surface area (Å²) in [6, 6.07) is 5.17. The molecule has 2 rings (SSSR count). The number of carboxylic acids is 1. The molecule has 1 aromatic heterocycles. The van der Waals surface area contributed by atoms with E-state index >= 15 is 0 Å². The van der Waals surface area contributed by atoms with Crippen molar-refractivity contribution in [1.29, 1.82) is 0 Å². The first-order valence-corrected chi connectivity index (χ1v) is 6.17. The van der Waals surface area contributed by atoms with Crippen molar-refractivity contribution < 1.29 is 19.2 Å². The molecule has 0 fully saturated rings. The highest BCUT2D eigenvalue weighted by Gasteiger charge is 2.23. The van der Waals surface area contributed by atoms with E-state index in [-0.39, 0.29) is 17.5 Å². The lowest BCUT2D eigenvalue weighted by Gasteiger charge is -2.10. The average Bonchev–Trinajstić information content (AvgIpc) is 2.44. The Morgan fingerprint density at radius 3 is 2.78 bits per heavy atom. The van der Waals surface area contributed by atoms with Crippen LogP contribution in [-0.4, -0.2) is 32.5 Å². The number of nitrogen functional groups attached to an aromatic ring is 1. The molecule has 5 N–H and O–H groups in total. The number of nitrogens with one attached hydrogen (secondary N) is 2. The number of hydrogen-bond acceptors (Lipinski definition) is 8. The van der Waals surface area contributed by atoms with Gasteiger partial charge in [0, 0.05) is 5.69 Å². The van der Waals surface area contributed by atoms with Crippen molar-refractivity contribution in [1.82, 2.24) is 9.97 Å². The molecule has 2 aromatic rings. The molecule has 10 nitrogen and oxygen atoms in total. The zero-order valence-corrected chi connectivity index (χ0v) is 11.5. The first-order valence-electron chi connectivity index (χ1n) is 6.17. The van der Waals surface area contributed by atoms with Crippen LogP contribution in [0.2, 0.25) is 0 Å². The molecule has 11 heteroatoms. The molecule has 0 spiro atoms. The van der Waals surface area contributed by atoms with Gasteiger partial charge in [-0.25, -0.2) is 4.39 Å². The summed E-state index contributed by atoms with van der Waals surface area (Å²) in [6.07, 6.45) is 0. The zero-order chi connectivity index (χ0) is 17.0. The lowest BCUT2D eigenvalue weighted by molar-refractivity contribution is -0.383. The van der Waals surface area contributed by atoms with Gasteiger partial charge in [0.2, 0.25) is 17.6 Å². The number of rotatable bonds is 6. The summed E-state index contributed by atoms with van der Waals surface area (Å²) in [6.45, 7) is -0.503. The number of benzene rings is 1. The van der Waals surface area contributed by atoms with Crippen molar-refractivity contribution in [2.24, 2.45) is 0 Å². The Labute approximate surface area is 128 Å². The highest BCUT2D eigenvalue weighted by Crippen LogP contribution is 2.31. The molecule has 0 unspecified atom stereocenters. The van der Waals surface area contributed by atoms with E-state index in [2.05, 4.69) is 20.6 Å². The number of nitrogens with two attached hydrogens (primary N) is 1. The standard InChI is InChI=1S/C12H11FN6O4/c13-6-2-1-3-7(4-6)16-11-9(19(22)23)10(14)17-12(18-11)15-5-8(20)21/h1-4H,5H2,(H,20,21)(H4,14,15,16,17,18). The second kappa shape index (κ2) is 6.51. The number of carboxylic acid groups (broad SMARTS) is 1. The molecule has 0 amide bonds. The number of hydrogen-bond donors (Lipinski definition) is 4. The molecule has 23 heavy (non-hydrogen) atoms. The van der Waals surface area contributed by atoms with Crippen molar-refractivity contribution in [3.05, 3.63) is 40.2 Å². The van der Waals surface area contributed by atoms with Crippen LogP contribution in [0, 0.1) is 15.9 Å². The van der Waals surface area contributed by atoms with E-state index in [1.165, 1.54) is 18.2 Å². The van der Waals surface area contributed by atoms with Crippen LogP contribution < -0.4 is 16.4 Å². The zero-order valence-electron chi connectivity index (χ0n) is 11.5. The predicted molar refractivity (Wildman–Crippen MR) is 78.9 cm³/mol. The van der Waals surface area contributed by atoms with Crippen LogP contribution in [0.3, 0.4) is 0 Å². The third-order valence-electron chi connectivity index (χ3n) is 2.58. The van der Waals surface area contributed by atoms with Crippen LogP contribution in [0.4, 0.5) is 33.3 Å². The van der Waals surface area contributed by atoms with Crippen LogP contribution >= 0.6 is 0 Å². The summed E-state index contributed by atoms with van der Waals surface area (Å²) >= 11 is 0. The second-order valence-electron chi connectivity index (χ2n) is 4.27. The minimum Gasteiger partial charge on any atom is -0.480 e. The first-order chi connectivity index (χ1) is 10.9. The fourth-order valence-electron chi connectivity index (χ4n) is 1.68. The Hall–Kier alpha value is -3.50. The molecule has 0 bridgehead atoms. The summed E-state index contributed by atoms with van der Waals surface area (Å²) < 4.78 is 13.2. The molecular formula is C12H11FN6O4. The quantitative estimate of drug-likeness (QED) is 0.455. The lowest BCUT2D eigenvalue weighted by Crippen LogP contribution is -2.16. The van der Waals surface area contributed by atoms with Gasteiger partial charge >= 0.3 is 11.7 Å². The third-order valence-corrected chi connectivity index (χ3v) is 2.58. The van der Waals surface area contributed by atoms with Crippen molar-refractivity contribution in [3.8, 4) is 0 Å². The van der Waals surface area contributed by atoms with Crippen molar-refractivity contribution >= 4 is 34.9 Å². The number of aliphatic carboxylic acids is 1. The molecule has 120 valence electrons. The Morgan fingerprint density at radius 2 is 2.17 bits per heavy atom. The van der Waals surface area contributed by atoms with E-state index in [0.29, 0.717) is 0 Å². The van der Waals surface area contributed by atoms with Gasteiger partial charge < -0.3 is 21.5 Å². The number of nitrogens with zero attached hydrogens (tertiary/aromatic N) is 3. The number of halogens is 1. The van der Waals surface area contributed by atoms with Crippen LogP contribution in [0.25, 0.3) is 0 Å². The van der Waals surface area contributed by atoms with Gasteiger partial charge in [-0.2, -0.15) is 9.97 Å². The van der Waals surface area contributed by atoms with Gasteiger partial charge in [-0.15, -0.1) is 0 Å². The van der Waals surface area contributed by atoms with Crippen LogP contribution in [0.5, 0.6) is 0 Å². The van der Waals surface area contributed by atoms with Gasteiger partial charge in [-0.3, -0.25) is 14.9 Å². The normalized spacial score (nSPS) is 10.1. The van der Waals surface area contributed by atoms with Crippen LogP contribution in [0.15, 0.2) is 24.3 Å². The van der Waals surface area contributed by atoms with Gasteiger partial charge in [0.1, 0.15) is 12.4 Å². The lowest BCUT2D eigenvalue weighted by atomic mass is 10.3. The summed E-state index contributed by atoms with van der Waals surface area (Å²) in [5, 5.41) is 24.6. The predicted octanol–water partition coefficient (Wildman–Crippen LogP) is 1.35. The average molecular weight is 322 g/mol. The topological polar surface area (TPSA) is 156 Å². The van der Waals surface area contributed by atoms with Crippen molar-refractivity contribution in [2.45, 2.75) is 0 Å². The first kappa shape index (κ1) is 15.9. The van der Waals surface area contributed by atoms with E-state index in [9.17, 15) is 19.3 Å². The largest absolute Gasteiger partial charge is 0.480 e. The molecule has 0 aliphatic carbocycles. The maximum Gasteiger partial charge on any atom is 0.353 e. The highest BCUT2D eigenvalue weighted by molar-refractivity contribution is 5.76. The Kier molecular flexibility index (Phi) is 4.50. The minimum atomic E-state index is -1.18. The number of nitro groups is 1. The van der Waals surface area contributed by atoms with Crippen LogP contribution in [0.1, 0.15) is 0 Å². The maximum absolute atomic E-state index is 13.2. The van der Waals surface area contributed by atoms with Crippen molar-refractivity contribution in [2.75, 3.05) is 22.9 Å². The second-order valence-corrected chi connectivity index (χ2v) is 4.27. The minimum absolute atomic E-state index is 0.204. The molecule has 0 saturated carbocycles. The summed E-state index contributed by atoms with van der Waals surface area (Å²) in [7, 11) is 0. The van der Waals surface area contributed by atoms with Gasteiger partial charge in [0.05, 0.1) is 4.92 Å². The Morgan fingerprint density at radius 1 is 1.43 bits per heavy atom. The fraction of sp³-hybridized carbons (Fsp3) is 0.0833. The van der Waals surface area contributed by atoms with Crippen molar-refractivity contribution in [3.63, 3.8) is 0 Å². The van der Waals surface area contributed by atoms with Gasteiger partial charge in [-0.05, 0) is 18.2 Å². The van der Waals surface area contributed by atoms with Gasteiger partial charge in [0.15, 0.2) is 0 Å². The SMILES string of the molecule is Nc1nc(NCC(=O)O)nc(Nc2cccc(F)c2)c1[N+](=O)[O-]. The third kappa shape index (κ3) is 4.00. The molecule has 1 aromatic carbocycles. The molecular weight excluding hydrogens is 311 g/mol. The Bertz CT molecular complexity index is 769. The van der Waals surface area contributed by atoms with Gasteiger partial charge in [-0.1, -0.05) is 6.07 Å².